The molecule has 0 aromatic carbocycles. The van der Waals surface area contributed by atoms with Crippen molar-refractivity contribution in [2.45, 2.75) is 12.0 Å². The highest BCUT2D eigenvalue weighted by molar-refractivity contribution is 7.99. The van der Waals surface area contributed by atoms with Gasteiger partial charge in [-0.15, -0.1) is 0 Å². The topological polar surface area (TPSA) is 49.3 Å². The second-order valence-electron chi connectivity index (χ2n) is 3.03. The number of thioether (sulfide) groups is 1. The van der Waals surface area contributed by atoms with Crippen LogP contribution in [0.5, 0.6) is 0 Å². The first-order valence-electron chi connectivity index (χ1n) is 3.96. The summed E-state index contributed by atoms with van der Waals surface area (Å²) in [6, 6.07) is 0. The Bertz CT molecular complexity index is 226. The highest BCUT2D eigenvalue weighted by Crippen LogP contribution is 2.27. The Morgan fingerprint density at radius 2 is 2.46 bits per heavy atom. The van der Waals surface area contributed by atoms with Crippen LogP contribution in [0.2, 0.25) is 0 Å². The maximum atomic E-state index is 11.4. The SMILES string of the molecule is C=C(Cl)CNC(=O)C1(O)CCSC1. The van der Waals surface area contributed by atoms with Gasteiger partial charge in [-0.1, -0.05) is 18.2 Å². The van der Waals surface area contributed by atoms with Crippen molar-refractivity contribution >= 4 is 29.3 Å². The number of carbonyl (C=O) groups is 1. The van der Waals surface area contributed by atoms with Gasteiger partial charge in [0.25, 0.3) is 5.91 Å². The Balaban J connectivity index is 2.42. The van der Waals surface area contributed by atoms with Crippen molar-refractivity contribution in [3.63, 3.8) is 0 Å². The molecule has 0 aromatic heterocycles. The lowest BCUT2D eigenvalue weighted by molar-refractivity contribution is -0.137. The van der Waals surface area contributed by atoms with Crippen LogP contribution < -0.4 is 5.32 Å². The molecule has 3 nitrogen and oxygen atoms in total. The van der Waals surface area contributed by atoms with Crippen molar-refractivity contribution < 1.29 is 9.90 Å². The molecule has 2 N–H and O–H groups in total. The van der Waals surface area contributed by atoms with Gasteiger partial charge >= 0.3 is 0 Å². The van der Waals surface area contributed by atoms with E-state index in [1.807, 2.05) is 0 Å². The van der Waals surface area contributed by atoms with Crippen molar-refractivity contribution in [1.29, 1.82) is 0 Å². The monoisotopic (exact) mass is 221 g/mol. The zero-order valence-electron chi connectivity index (χ0n) is 7.18. The summed E-state index contributed by atoms with van der Waals surface area (Å²) in [5.41, 5.74) is -1.20. The minimum absolute atomic E-state index is 0.216. The van der Waals surface area contributed by atoms with E-state index in [1.54, 1.807) is 11.8 Å². The Kier molecular flexibility index (Phi) is 3.64. The molecule has 1 rings (SSSR count). The summed E-state index contributed by atoms with van der Waals surface area (Å²) in [6.07, 6.45) is 0.512. The van der Waals surface area contributed by atoms with Crippen LogP contribution in [0.25, 0.3) is 0 Å². The molecule has 0 radical (unpaired) electrons. The van der Waals surface area contributed by atoms with E-state index in [1.165, 1.54) is 0 Å². The number of rotatable bonds is 3. The van der Waals surface area contributed by atoms with Crippen LogP contribution >= 0.6 is 23.4 Å². The van der Waals surface area contributed by atoms with E-state index in [0.29, 0.717) is 17.2 Å². The van der Waals surface area contributed by atoms with Crippen molar-refractivity contribution in [3.05, 3.63) is 11.6 Å². The van der Waals surface area contributed by atoms with E-state index in [4.69, 9.17) is 11.6 Å². The normalized spacial score (nSPS) is 27.2. The molecule has 1 amide bonds. The van der Waals surface area contributed by atoms with Crippen molar-refractivity contribution in [2.75, 3.05) is 18.1 Å². The van der Waals surface area contributed by atoms with Gasteiger partial charge in [0.2, 0.25) is 0 Å². The zero-order chi connectivity index (χ0) is 9.90. The fraction of sp³-hybridized carbons (Fsp3) is 0.625. The van der Waals surface area contributed by atoms with Gasteiger partial charge in [-0.3, -0.25) is 4.79 Å². The largest absolute Gasteiger partial charge is 0.379 e. The zero-order valence-corrected chi connectivity index (χ0v) is 8.75. The highest BCUT2D eigenvalue weighted by atomic mass is 35.5. The third-order valence-corrected chi connectivity index (χ3v) is 3.17. The van der Waals surface area contributed by atoms with E-state index in [-0.39, 0.29) is 12.5 Å². The van der Waals surface area contributed by atoms with Crippen LogP contribution in [-0.2, 0) is 4.79 Å². The number of carbonyl (C=O) groups excluding carboxylic acids is 1. The van der Waals surface area contributed by atoms with E-state index in [9.17, 15) is 9.90 Å². The molecule has 1 heterocycles. The molecule has 0 aromatic rings. The standard InChI is InChI=1S/C8H12ClNO2S/c1-6(9)4-10-7(11)8(12)2-3-13-5-8/h12H,1-5H2,(H,10,11). The number of hydrogen-bond acceptors (Lipinski definition) is 3. The van der Waals surface area contributed by atoms with Gasteiger partial charge in [-0.25, -0.2) is 0 Å². The van der Waals surface area contributed by atoms with Crippen molar-refractivity contribution in [3.8, 4) is 0 Å². The molecule has 0 bridgehead atoms. The fourth-order valence-electron chi connectivity index (χ4n) is 1.07. The predicted molar refractivity (Wildman–Crippen MR) is 54.9 cm³/mol. The minimum atomic E-state index is -1.20. The van der Waals surface area contributed by atoms with Crippen LogP contribution in [-0.4, -0.2) is 34.7 Å². The Morgan fingerprint density at radius 3 is 2.92 bits per heavy atom. The molecular weight excluding hydrogens is 210 g/mol. The maximum Gasteiger partial charge on any atom is 0.253 e. The summed E-state index contributed by atoms with van der Waals surface area (Å²) in [4.78, 5) is 11.4. The molecule has 5 heteroatoms. The molecule has 1 unspecified atom stereocenters. The van der Waals surface area contributed by atoms with Crippen molar-refractivity contribution in [1.82, 2.24) is 5.32 Å². The molecule has 0 spiro atoms. The number of halogens is 1. The van der Waals surface area contributed by atoms with Crippen LogP contribution in [0.1, 0.15) is 6.42 Å². The van der Waals surface area contributed by atoms with E-state index >= 15 is 0 Å². The van der Waals surface area contributed by atoms with Gasteiger partial charge in [-0.2, -0.15) is 11.8 Å². The van der Waals surface area contributed by atoms with Gasteiger partial charge in [0.15, 0.2) is 5.60 Å². The second-order valence-corrected chi connectivity index (χ2v) is 4.67. The third-order valence-electron chi connectivity index (χ3n) is 1.86. The summed E-state index contributed by atoms with van der Waals surface area (Å²) >= 11 is 7.06. The summed E-state index contributed by atoms with van der Waals surface area (Å²) < 4.78 is 0. The number of aliphatic hydroxyl groups is 1. The third kappa shape index (κ3) is 2.90. The average molecular weight is 222 g/mol. The molecular formula is C8H12ClNO2S. The molecule has 74 valence electrons. The fourth-order valence-corrected chi connectivity index (χ4v) is 2.38. The predicted octanol–water partition coefficient (Wildman–Crippen LogP) is 0.723. The van der Waals surface area contributed by atoms with Gasteiger partial charge in [0, 0.05) is 10.8 Å². The van der Waals surface area contributed by atoms with Crippen LogP contribution in [0, 0.1) is 0 Å². The van der Waals surface area contributed by atoms with Crippen LogP contribution in [0.4, 0.5) is 0 Å². The second kappa shape index (κ2) is 4.35. The first kappa shape index (κ1) is 10.9. The maximum absolute atomic E-state index is 11.4. The Labute approximate surface area is 86.5 Å². The van der Waals surface area contributed by atoms with Gasteiger partial charge < -0.3 is 10.4 Å². The molecule has 1 atom stereocenters. The van der Waals surface area contributed by atoms with Crippen LogP contribution in [0.3, 0.4) is 0 Å². The van der Waals surface area contributed by atoms with E-state index in [0.717, 1.165) is 5.75 Å². The first-order chi connectivity index (χ1) is 6.04. The smallest absolute Gasteiger partial charge is 0.253 e. The molecule has 13 heavy (non-hydrogen) atoms. The lowest BCUT2D eigenvalue weighted by Gasteiger charge is -2.19. The summed E-state index contributed by atoms with van der Waals surface area (Å²) in [6.45, 7) is 3.66. The summed E-state index contributed by atoms with van der Waals surface area (Å²) in [7, 11) is 0. The Hall–Kier alpha value is -0.190. The Morgan fingerprint density at radius 1 is 1.77 bits per heavy atom. The molecule has 1 fully saturated rings. The van der Waals surface area contributed by atoms with E-state index in [2.05, 4.69) is 11.9 Å². The van der Waals surface area contributed by atoms with Crippen molar-refractivity contribution in [2.24, 2.45) is 0 Å². The molecule has 1 saturated heterocycles. The highest BCUT2D eigenvalue weighted by Gasteiger charge is 2.39. The van der Waals surface area contributed by atoms with E-state index < -0.39 is 5.60 Å². The molecule has 0 saturated carbocycles. The van der Waals surface area contributed by atoms with Crippen LogP contribution in [0.15, 0.2) is 11.6 Å². The molecule has 1 aliphatic rings. The molecule has 1 aliphatic heterocycles. The lowest BCUT2D eigenvalue weighted by atomic mass is 10.0. The lowest BCUT2D eigenvalue weighted by Crippen LogP contribution is -2.47. The molecule has 0 aliphatic carbocycles. The van der Waals surface area contributed by atoms with Gasteiger partial charge in [0.1, 0.15) is 0 Å². The minimum Gasteiger partial charge on any atom is -0.379 e. The number of amides is 1. The van der Waals surface area contributed by atoms with Gasteiger partial charge in [0.05, 0.1) is 6.54 Å². The number of hydrogen-bond donors (Lipinski definition) is 2. The average Bonchev–Trinajstić information content (AvgIpc) is 2.49. The number of nitrogens with one attached hydrogen (secondary N) is 1. The summed E-state index contributed by atoms with van der Waals surface area (Å²) in [5, 5.41) is 12.7. The van der Waals surface area contributed by atoms with Gasteiger partial charge in [-0.05, 0) is 12.2 Å². The summed E-state index contributed by atoms with van der Waals surface area (Å²) in [5.74, 6) is 0.943. The quantitative estimate of drug-likeness (QED) is 0.739. The first-order valence-corrected chi connectivity index (χ1v) is 5.49.